The number of carbonyl (C=O) groups excluding carboxylic acids is 2. The summed E-state index contributed by atoms with van der Waals surface area (Å²) in [6.07, 6.45) is 5.01. The maximum Gasteiger partial charge on any atom is 0.228 e. The molecule has 1 fully saturated rings. The zero-order chi connectivity index (χ0) is 19.0. The quantitative estimate of drug-likeness (QED) is 0.578. The van der Waals surface area contributed by atoms with E-state index in [0.717, 1.165) is 26.7 Å². The summed E-state index contributed by atoms with van der Waals surface area (Å²) < 4.78 is 1.65. The lowest BCUT2D eigenvalue weighted by Crippen LogP contribution is -2.39. The highest BCUT2D eigenvalue weighted by atomic mass is 79.9. The minimum Gasteiger partial charge on any atom is -0.325 e. The standard InChI is InChI=1S/C21H18Br2N2O2/c22-14-5-1-3-7-16(14)24-20(26)18-12-9-10-13(11-12)19(18)21(27)25-17-8-4-2-6-15(17)23/h1-10,12-13,18-19H,11H2,(H,24,26)(H,25,27). The van der Waals surface area contributed by atoms with Crippen LogP contribution >= 0.6 is 31.9 Å². The van der Waals surface area contributed by atoms with Crippen LogP contribution in [0.25, 0.3) is 0 Å². The minimum absolute atomic E-state index is 0.104. The van der Waals surface area contributed by atoms with Crippen molar-refractivity contribution in [3.63, 3.8) is 0 Å². The molecule has 2 aromatic carbocycles. The van der Waals surface area contributed by atoms with Crippen molar-refractivity contribution in [1.29, 1.82) is 0 Å². The van der Waals surface area contributed by atoms with Crippen LogP contribution in [-0.2, 0) is 9.59 Å². The van der Waals surface area contributed by atoms with Crippen molar-refractivity contribution in [3.05, 3.63) is 69.6 Å². The summed E-state index contributed by atoms with van der Waals surface area (Å²) in [5, 5.41) is 5.98. The number of hydrogen-bond donors (Lipinski definition) is 2. The second kappa shape index (κ2) is 7.60. The molecule has 2 N–H and O–H groups in total. The van der Waals surface area contributed by atoms with Gasteiger partial charge in [-0.3, -0.25) is 9.59 Å². The summed E-state index contributed by atoms with van der Waals surface area (Å²) in [4.78, 5) is 26.1. The molecule has 1 saturated carbocycles. The summed E-state index contributed by atoms with van der Waals surface area (Å²) in [6.45, 7) is 0. The number of fused-ring (bicyclic) bond motifs is 2. The highest BCUT2D eigenvalue weighted by molar-refractivity contribution is 9.11. The van der Waals surface area contributed by atoms with Gasteiger partial charge in [-0.15, -0.1) is 0 Å². The second-order valence-corrected chi connectivity index (χ2v) is 8.65. The Bertz CT molecular complexity index is 854. The van der Waals surface area contributed by atoms with Crippen LogP contribution in [0.4, 0.5) is 11.4 Å². The SMILES string of the molecule is O=C(Nc1ccccc1Br)C1C2C=CC(C2)C1C(=O)Nc1ccccc1Br. The molecule has 4 nitrogen and oxygen atoms in total. The van der Waals surface area contributed by atoms with E-state index in [1.807, 2.05) is 48.5 Å². The second-order valence-electron chi connectivity index (χ2n) is 6.94. The predicted molar refractivity (Wildman–Crippen MR) is 113 cm³/mol. The van der Waals surface area contributed by atoms with Gasteiger partial charge in [0.25, 0.3) is 0 Å². The lowest BCUT2D eigenvalue weighted by Gasteiger charge is -2.26. The number of benzene rings is 2. The zero-order valence-electron chi connectivity index (χ0n) is 14.4. The van der Waals surface area contributed by atoms with Crippen molar-refractivity contribution in [3.8, 4) is 0 Å². The maximum absolute atomic E-state index is 13.0. The molecular formula is C21H18Br2N2O2. The number of amides is 2. The topological polar surface area (TPSA) is 58.2 Å². The van der Waals surface area contributed by atoms with E-state index in [1.165, 1.54) is 0 Å². The van der Waals surface area contributed by atoms with Crippen LogP contribution in [0.5, 0.6) is 0 Å². The van der Waals surface area contributed by atoms with Crippen LogP contribution in [0.2, 0.25) is 0 Å². The highest BCUT2D eigenvalue weighted by Gasteiger charge is 2.51. The molecule has 27 heavy (non-hydrogen) atoms. The molecule has 2 aliphatic carbocycles. The Morgan fingerprint density at radius 2 is 1.15 bits per heavy atom. The number of halogens is 2. The summed E-state index contributed by atoms with van der Waals surface area (Å²) in [7, 11) is 0. The van der Waals surface area contributed by atoms with Gasteiger partial charge in [0.05, 0.1) is 23.2 Å². The third-order valence-corrected chi connectivity index (χ3v) is 6.71. The summed E-state index contributed by atoms with van der Waals surface area (Å²) >= 11 is 6.91. The van der Waals surface area contributed by atoms with Gasteiger partial charge in [0, 0.05) is 8.95 Å². The summed E-state index contributed by atoms with van der Waals surface area (Å²) in [5.74, 6) is -0.735. The molecule has 2 bridgehead atoms. The van der Waals surface area contributed by atoms with Crippen molar-refractivity contribution in [2.24, 2.45) is 23.7 Å². The van der Waals surface area contributed by atoms with Crippen molar-refractivity contribution in [1.82, 2.24) is 0 Å². The van der Waals surface area contributed by atoms with Gasteiger partial charge < -0.3 is 10.6 Å². The third-order valence-electron chi connectivity index (χ3n) is 5.33. The van der Waals surface area contributed by atoms with Crippen LogP contribution < -0.4 is 10.6 Å². The number of hydrogen-bond acceptors (Lipinski definition) is 2. The van der Waals surface area contributed by atoms with E-state index in [4.69, 9.17) is 0 Å². The fourth-order valence-corrected chi connectivity index (χ4v) is 4.86. The molecule has 0 heterocycles. The molecule has 4 unspecified atom stereocenters. The molecule has 6 heteroatoms. The Kier molecular flexibility index (Phi) is 5.19. The molecule has 2 amide bonds. The van der Waals surface area contributed by atoms with Gasteiger partial charge >= 0.3 is 0 Å². The smallest absolute Gasteiger partial charge is 0.228 e. The fraction of sp³-hybridized carbons (Fsp3) is 0.238. The summed E-state index contributed by atoms with van der Waals surface area (Å²) in [5.41, 5.74) is 1.44. The molecular weight excluding hydrogens is 472 g/mol. The molecule has 0 saturated heterocycles. The van der Waals surface area contributed by atoms with Crippen molar-refractivity contribution >= 4 is 55.0 Å². The molecule has 0 spiro atoms. The van der Waals surface area contributed by atoms with Gasteiger partial charge in [0.1, 0.15) is 0 Å². The zero-order valence-corrected chi connectivity index (χ0v) is 17.5. The predicted octanol–water partition coefficient (Wildman–Crippen LogP) is 5.23. The van der Waals surface area contributed by atoms with Crippen LogP contribution in [0.3, 0.4) is 0 Å². The molecule has 0 aromatic heterocycles. The average molecular weight is 490 g/mol. The molecule has 2 aromatic rings. The molecule has 0 radical (unpaired) electrons. The van der Waals surface area contributed by atoms with Gasteiger partial charge in [-0.1, -0.05) is 36.4 Å². The fourth-order valence-electron chi connectivity index (χ4n) is 4.09. The first kappa shape index (κ1) is 18.4. The van der Waals surface area contributed by atoms with Gasteiger partial charge in [0.2, 0.25) is 11.8 Å². The Hall–Kier alpha value is -1.92. The van der Waals surface area contributed by atoms with E-state index in [1.54, 1.807) is 0 Å². The van der Waals surface area contributed by atoms with Gasteiger partial charge in [-0.05, 0) is 74.4 Å². The number of anilines is 2. The normalized spacial score (nSPS) is 25.4. The van der Waals surface area contributed by atoms with E-state index >= 15 is 0 Å². The largest absolute Gasteiger partial charge is 0.325 e. The van der Waals surface area contributed by atoms with Gasteiger partial charge in [-0.25, -0.2) is 0 Å². The first-order valence-electron chi connectivity index (χ1n) is 8.83. The van der Waals surface area contributed by atoms with Gasteiger partial charge in [0.15, 0.2) is 0 Å². The van der Waals surface area contributed by atoms with E-state index in [2.05, 4.69) is 54.6 Å². The highest BCUT2D eigenvalue weighted by Crippen LogP contribution is 2.49. The lowest BCUT2D eigenvalue weighted by molar-refractivity contribution is -0.129. The van der Waals surface area contributed by atoms with Crippen molar-refractivity contribution in [2.75, 3.05) is 10.6 Å². The Morgan fingerprint density at radius 1 is 0.741 bits per heavy atom. The molecule has 4 atom stereocenters. The van der Waals surface area contributed by atoms with Crippen molar-refractivity contribution < 1.29 is 9.59 Å². The van der Waals surface area contributed by atoms with Crippen LogP contribution in [0.15, 0.2) is 69.6 Å². The van der Waals surface area contributed by atoms with Crippen LogP contribution in [-0.4, -0.2) is 11.8 Å². The number of allylic oxidation sites excluding steroid dienone is 2. The summed E-state index contributed by atoms with van der Waals surface area (Å²) in [6, 6.07) is 15.0. The average Bonchev–Trinajstić information content (AvgIpc) is 3.27. The van der Waals surface area contributed by atoms with E-state index in [0.29, 0.717) is 0 Å². The minimum atomic E-state index is -0.366. The van der Waals surface area contributed by atoms with Crippen LogP contribution in [0.1, 0.15) is 6.42 Å². The van der Waals surface area contributed by atoms with Gasteiger partial charge in [-0.2, -0.15) is 0 Å². The van der Waals surface area contributed by atoms with E-state index in [9.17, 15) is 9.59 Å². The molecule has 4 rings (SSSR count). The molecule has 138 valence electrons. The Balaban J connectivity index is 1.55. The Labute approximate surface area is 174 Å². The van der Waals surface area contributed by atoms with Crippen LogP contribution in [0, 0.1) is 23.7 Å². The number of rotatable bonds is 4. The number of carbonyl (C=O) groups is 2. The Morgan fingerprint density at radius 3 is 1.56 bits per heavy atom. The van der Waals surface area contributed by atoms with Crippen molar-refractivity contribution in [2.45, 2.75) is 6.42 Å². The number of nitrogens with one attached hydrogen (secondary N) is 2. The van der Waals surface area contributed by atoms with E-state index in [-0.39, 0.29) is 35.5 Å². The number of para-hydroxylation sites is 2. The first-order valence-corrected chi connectivity index (χ1v) is 10.4. The molecule has 2 aliphatic rings. The third kappa shape index (κ3) is 3.60. The first-order chi connectivity index (χ1) is 13.0. The maximum atomic E-state index is 13.0. The molecule has 0 aliphatic heterocycles. The lowest BCUT2D eigenvalue weighted by atomic mass is 9.81. The monoisotopic (exact) mass is 488 g/mol. The van der Waals surface area contributed by atoms with E-state index < -0.39 is 0 Å².